The van der Waals surface area contributed by atoms with Crippen LogP contribution in [0.1, 0.15) is 6.42 Å². The smallest absolute Gasteiger partial charge is 0.326 e. The van der Waals surface area contributed by atoms with Crippen molar-refractivity contribution in [1.82, 2.24) is 5.32 Å². The second-order valence-corrected chi connectivity index (χ2v) is 3.91. The molecule has 1 unspecified atom stereocenters. The number of carboxylic acids is 1. The molecule has 0 aliphatic carbocycles. The molecule has 0 aromatic heterocycles. The Balaban J connectivity index is 2.79. The van der Waals surface area contributed by atoms with Crippen LogP contribution in [0.15, 0.2) is 12.1 Å². The van der Waals surface area contributed by atoms with Crippen LogP contribution in [0.2, 0.25) is 0 Å². The molecule has 0 spiro atoms. The average molecular weight is 305 g/mol. The number of rotatable bonds is 5. The molecule has 1 rings (SSSR count). The van der Waals surface area contributed by atoms with Gasteiger partial charge in [-0.15, -0.1) is 0 Å². The predicted octanol–water partition coefficient (Wildman–Crippen LogP) is 0.554. The number of carbonyl (C=O) groups is 3. The summed E-state index contributed by atoms with van der Waals surface area (Å²) in [5.41, 5.74) is 4.10. The van der Waals surface area contributed by atoms with E-state index in [2.05, 4.69) is 0 Å². The molecule has 0 bridgehead atoms. The maximum absolute atomic E-state index is 13.3. The van der Waals surface area contributed by atoms with E-state index in [9.17, 15) is 27.6 Å². The van der Waals surface area contributed by atoms with Crippen molar-refractivity contribution in [3.8, 4) is 0 Å². The van der Waals surface area contributed by atoms with E-state index in [1.54, 1.807) is 5.32 Å². The zero-order valence-electron chi connectivity index (χ0n) is 10.3. The molecule has 0 radical (unpaired) electrons. The third kappa shape index (κ3) is 4.67. The lowest BCUT2D eigenvalue weighted by Crippen LogP contribution is -2.45. The Bertz CT molecular complexity index is 594. The highest BCUT2D eigenvalue weighted by Gasteiger charge is 2.22. The van der Waals surface area contributed by atoms with Crippen LogP contribution in [0.3, 0.4) is 0 Å². The van der Waals surface area contributed by atoms with E-state index in [1.807, 2.05) is 5.32 Å². The summed E-state index contributed by atoms with van der Waals surface area (Å²) in [5.74, 6) is -6.64. The highest BCUT2D eigenvalue weighted by molar-refractivity contribution is 5.93. The van der Waals surface area contributed by atoms with Crippen molar-refractivity contribution < 1.29 is 32.7 Å². The van der Waals surface area contributed by atoms with Gasteiger partial charge in [0.2, 0.25) is 5.91 Å². The van der Waals surface area contributed by atoms with Gasteiger partial charge in [0.05, 0.1) is 12.1 Å². The standard InChI is InChI=1S/C11H10F3N3O4/c12-4-1-6(14)7(2-5(4)13)16-11(21)17-8(10(19)20)3-9(15)18/h1-2,8H,3H2,(H2,15,18)(H,19,20)(H2,16,17,21). The van der Waals surface area contributed by atoms with Gasteiger partial charge in [-0.2, -0.15) is 0 Å². The third-order valence-electron chi connectivity index (χ3n) is 2.27. The Labute approximate surface area is 115 Å². The van der Waals surface area contributed by atoms with Crippen molar-refractivity contribution in [3.63, 3.8) is 0 Å². The average Bonchev–Trinajstić information content (AvgIpc) is 2.34. The van der Waals surface area contributed by atoms with Crippen molar-refractivity contribution in [2.75, 3.05) is 5.32 Å². The zero-order chi connectivity index (χ0) is 16.2. The zero-order valence-corrected chi connectivity index (χ0v) is 10.3. The molecule has 0 fully saturated rings. The van der Waals surface area contributed by atoms with Gasteiger partial charge in [0.15, 0.2) is 11.6 Å². The van der Waals surface area contributed by atoms with Gasteiger partial charge >= 0.3 is 12.0 Å². The molecule has 21 heavy (non-hydrogen) atoms. The van der Waals surface area contributed by atoms with Crippen molar-refractivity contribution >= 4 is 23.6 Å². The minimum absolute atomic E-state index is 0.211. The van der Waals surface area contributed by atoms with E-state index in [0.717, 1.165) is 0 Å². The van der Waals surface area contributed by atoms with Gasteiger partial charge in [0.25, 0.3) is 0 Å². The number of aliphatic carboxylic acids is 1. The minimum Gasteiger partial charge on any atom is -0.480 e. The summed E-state index contributed by atoms with van der Waals surface area (Å²) in [6.07, 6.45) is -0.691. The lowest BCUT2D eigenvalue weighted by atomic mass is 10.2. The topological polar surface area (TPSA) is 122 Å². The van der Waals surface area contributed by atoms with Crippen molar-refractivity contribution in [3.05, 3.63) is 29.6 Å². The minimum atomic E-state index is -1.64. The molecule has 5 N–H and O–H groups in total. The van der Waals surface area contributed by atoms with Crippen molar-refractivity contribution in [2.24, 2.45) is 5.73 Å². The number of urea groups is 1. The van der Waals surface area contributed by atoms with E-state index in [1.165, 1.54) is 0 Å². The molecule has 1 atom stereocenters. The number of hydrogen-bond acceptors (Lipinski definition) is 3. The van der Waals surface area contributed by atoms with Crippen LogP contribution in [0.4, 0.5) is 23.7 Å². The Hall–Kier alpha value is -2.78. The Morgan fingerprint density at radius 1 is 1.14 bits per heavy atom. The number of carboxylic acid groups (broad SMARTS) is 1. The summed E-state index contributed by atoms with van der Waals surface area (Å²) < 4.78 is 38.8. The fraction of sp³-hybridized carbons (Fsp3) is 0.182. The molecule has 1 aromatic carbocycles. The Kier molecular flexibility index (Phi) is 5.11. The summed E-state index contributed by atoms with van der Waals surface area (Å²) in [4.78, 5) is 32.8. The fourth-order valence-corrected chi connectivity index (χ4v) is 1.34. The van der Waals surface area contributed by atoms with Crippen molar-refractivity contribution in [1.29, 1.82) is 0 Å². The predicted molar refractivity (Wildman–Crippen MR) is 63.7 cm³/mol. The lowest BCUT2D eigenvalue weighted by Gasteiger charge is -2.14. The number of benzene rings is 1. The van der Waals surface area contributed by atoms with Crippen LogP contribution >= 0.6 is 0 Å². The van der Waals surface area contributed by atoms with Crippen LogP contribution in [0, 0.1) is 17.5 Å². The molecule has 0 aliphatic heterocycles. The highest BCUT2D eigenvalue weighted by Crippen LogP contribution is 2.18. The van der Waals surface area contributed by atoms with Crippen LogP contribution in [0.5, 0.6) is 0 Å². The largest absolute Gasteiger partial charge is 0.480 e. The van der Waals surface area contributed by atoms with Gasteiger partial charge in [-0.3, -0.25) is 4.79 Å². The summed E-state index contributed by atoms with van der Waals surface area (Å²) in [6, 6.07) is -2.28. The summed E-state index contributed by atoms with van der Waals surface area (Å²) in [7, 11) is 0. The monoisotopic (exact) mass is 305 g/mol. The number of halogens is 3. The maximum Gasteiger partial charge on any atom is 0.326 e. The van der Waals surface area contributed by atoms with Gasteiger partial charge < -0.3 is 21.5 Å². The van der Waals surface area contributed by atoms with Gasteiger partial charge in [-0.25, -0.2) is 22.8 Å². The van der Waals surface area contributed by atoms with Gasteiger partial charge in [-0.05, 0) is 0 Å². The molecule has 0 aliphatic rings. The molecule has 7 nitrogen and oxygen atoms in total. The van der Waals surface area contributed by atoms with E-state index < -0.39 is 53.5 Å². The number of amides is 3. The lowest BCUT2D eigenvalue weighted by molar-refractivity contribution is -0.140. The SMILES string of the molecule is NC(=O)CC(NC(=O)Nc1cc(F)c(F)cc1F)C(=O)O. The van der Waals surface area contributed by atoms with Gasteiger partial charge in [0, 0.05) is 12.1 Å². The molecule has 3 amide bonds. The van der Waals surface area contributed by atoms with E-state index in [0.29, 0.717) is 6.07 Å². The second kappa shape index (κ2) is 6.59. The van der Waals surface area contributed by atoms with Crippen LogP contribution in [-0.2, 0) is 9.59 Å². The van der Waals surface area contributed by atoms with E-state index >= 15 is 0 Å². The number of primary amides is 1. The van der Waals surface area contributed by atoms with E-state index in [-0.39, 0.29) is 6.07 Å². The van der Waals surface area contributed by atoms with Crippen molar-refractivity contribution in [2.45, 2.75) is 12.5 Å². The molecular weight excluding hydrogens is 295 g/mol. The number of carbonyl (C=O) groups excluding carboxylic acids is 2. The quantitative estimate of drug-likeness (QED) is 0.593. The first-order valence-electron chi connectivity index (χ1n) is 5.44. The first kappa shape index (κ1) is 16.3. The number of hydrogen-bond donors (Lipinski definition) is 4. The molecule has 10 heteroatoms. The number of nitrogens with one attached hydrogen (secondary N) is 2. The van der Waals surface area contributed by atoms with Crippen LogP contribution in [-0.4, -0.2) is 29.1 Å². The summed E-state index contributed by atoms with van der Waals surface area (Å²) >= 11 is 0. The maximum atomic E-state index is 13.3. The summed E-state index contributed by atoms with van der Waals surface area (Å²) in [5, 5.41) is 12.4. The first-order chi connectivity index (χ1) is 9.70. The van der Waals surface area contributed by atoms with Crippen LogP contribution in [0.25, 0.3) is 0 Å². The number of nitrogens with two attached hydrogens (primary N) is 1. The summed E-state index contributed by atoms with van der Waals surface area (Å²) in [6.45, 7) is 0. The Morgan fingerprint density at radius 3 is 2.24 bits per heavy atom. The Morgan fingerprint density at radius 2 is 1.71 bits per heavy atom. The highest BCUT2D eigenvalue weighted by atomic mass is 19.2. The first-order valence-corrected chi connectivity index (χ1v) is 5.44. The van der Waals surface area contributed by atoms with E-state index in [4.69, 9.17) is 10.8 Å². The van der Waals surface area contributed by atoms with Gasteiger partial charge in [0.1, 0.15) is 11.9 Å². The molecule has 0 saturated carbocycles. The van der Waals surface area contributed by atoms with Gasteiger partial charge in [-0.1, -0.05) is 0 Å². The molecule has 0 saturated heterocycles. The molecular formula is C11H10F3N3O4. The molecule has 1 aromatic rings. The molecule has 114 valence electrons. The third-order valence-corrected chi connectivity index (χ3v) is 2.27. The second-order valence-electron chi connectivity index (χ2n) is 3.91. The fourth-order valence-electron chi connectivity index (χ4n) is 1.34. The number of anilines is 1. The molecule has 0 heterocycles. The van der Waals surface area contributed by atoms with Crippen LogP contribution < -0.4 is 16.4 Å². The normalized spacial score (nSPS) is 11.6.